The van der Waals surface area contributed by atoms with Crippen LogP contribution in [0.25, 0.3) is 0 Å². The van der Waals surface area contributed by atoms with E-state index in [1.807, 2.05) is 0 Å². The van der Waals surface area contributed by atoms with E-state index < -0.39 is 0 Å². The molecule has 3 aliphatic rings. The number of carbonyl (C=O) groups is 2. The zero-order valence-electron chi connectivity index (χ0n) is 13.6. The molecule has 0 heterocycles. The third kappa shape index (κ3) is 3.82. The van der Waals surface area contributed by atoms with Crippen molar-refractivity contribution in [2.24, 2.45) is 17.8 Å². The summed E-state index contributed by atoms with van der Waals surface area (Å²) < 4.78 is 0. The van der Waals surface area contributed by atoms with Crippen LogP contribution in [0.1, 0.15) is 70.6 Å². The highest BCUT2D eigenvalue weighted by molar-refractivity contribution is 5.80. The van der Waals surface area contributed by atoms with E-state index in [2.05, 4.69) is 10.6 Å². The SMILES string of the molecule is O=C(NC[C@@H](NC(=O)C1CCC1)C1CCCCC1)C1CCC1. The maximum absolute atomic E-state index is 12.3. The summed E-state index contributed by atoms with van der Waals surface area (Å²) in [6.45, 7) is 0.623. The molecule has 3 aliphatic carbocycles. The summed E-state index contributed by atoms with van der Waals surface area (Å²) >= 11 is 0. The lowest BCUT2D eigenvalue weighted by Gasteiger charge is -2.34. The molecule has 2 amide bonds. The van der Waals surface area contributed by atoms with Gasteiger partial charge in [-0.2, -0.15) is 0 Å². The molecule has 0 bridgehead atoms. The average molecular weight is 306 g/mol. The lowest BCUT2D eigenvalue weighted by molar-refractivity contribution is -0.130. The standard InChI is InChI=1S/C18H30N2O2/c21-17(14-8-4-9-14)19-12-16(13-6-2-1-3-7-13)20-18(22)15-10-5-11-15/h13-16H,1-12H2,(H,19,21)(H,20,22)/t16-/m1/s1. The molecule has 22 heavy (non-hydrogen) atoms. The lowest BCUT2D eigenvalue weighted by atomic mass is 9.81. The van der Waals surface area contributed by atoms with Gasteiger partial charge in [-0.1, -0.05) is 32.1 Å². The van der Waals surface area contributed by atoms with Crippen molar-refractivity contribution in [3.8, 4) is 0 Å². The molecule has 0 aromatic heterocycles. The van der Waals surface area contributed by atoms with E-state index in [9.17, 15) is 9.59 Å². The molecule has 4 heteroatoms. The zero-order valence-corrected chi connectivity index (χ0v) is 13.6. The van der Waals surface area contributed by atoms with Crippen LogP contribution in [0.3, 0.4) is 0 Å². The summed E-state index contributed by atoms with van der Waals surface area (Å²) in [5.74, 6) is 1.42. The van der Waals surface area contributed by atoms with E-state index in [0.717, 1.165) is 25.7 Å². The maximum atomic E-state index is 12.3. The third-order valence-electron chi connectivity index (χ3n) is 5.99. The summed E-state index contributed by atoms with van der Waals surface area (Å²) in [6.07, 6.45) is 12.7. The number of nitrogens with one attached hydrogen (secondary N) is 2. The second kappa shape index (κ2) is 7.47. The van der Waals surface area contributed by atoms with E-state index in [-0.39, 0.29) is 29.7 Å². The molecule has 3 saturated carbocycles. The van der Waals surface area contributed by atoms with Crippen molar-refractivity contribution in [1.82, 2.24) is 10.6 Å². The van der Waals surface area contributed by atoms with Gasteiger partial charge in [-0.25, -0.2) is 0 Å². The van der Waals surface area contributed by atoms with Gasteiger partial charge in [0.25, 0.3) is 0 Å². The molecule has 0 spiro atoms. The van der Waals surface area contributed by atoms with Crippen molar-refractivity contribution in [1.29, 1.82) is 0 Å². The van der Waals surface area contributed by atoms with E-state index in [4.69, 9.17) is 0 Å². The fourth-order valence-corrected chi connectivity index (χ4v) is 3.87. The van der Waals surface area contributed by atoms with Crippen LogP contribution < -0.4 is 10.6 Å². The maximum Gasteiger partial charge on any atom is 0.223 e. The van der Waals surface area contributed by atoms with Gasteiger partial charge in [-0.3, -0.25) is 9.59 Å². The van der Waals surface area contributed by atoms with Crippen LogP contribution in [0.4, 0.5) is 0 Å². The molecule has 3 rings (SSSR count). The topological polar surface area (TPSA) is 58.2 Å². The Balaban J connectivity index is 1.52. The second-order valence-corrected chi connectivity index (χ2v) is 7.51. The Hall–Kier alpha value is -1.06. The molecule has 3 fully saturated rings. The van der Waals surface area contributed by atoms with E-state index in [1.54, 1.807) is 0 Å². The Morgan fingerprint density at radius 2 is 1.36 bits per heavy atom. The minimum Gasteiger partial charge on any atom is -0.354 e. The van der Waals surface area contributed by atoms with Crippen LogP contribution in [0.5, 0.6) is 0 Å². The van der Waals surface area contributed by atoms with Gasteiger partial charge >= 0.3 is 0 Å². The summed E-state index contributed by atoms with van der Waals surface area (Å²) in [5.41, 5.74) is 0. The molecule has 4 nitrogen and oxygen atoms in total. The Morgan fingerprint density at radius 3 is 1.91 bits per heavy atom. The Bertz CT molecular complexity index is 396. The highest BCUT2D eigenvalue weighted by Gasteiger charge is 2.32. The highest BCUT2D eigenvalue weighted by atomic mass is 16.2. The van der Waals surface area contributed by atoms with Crippen molar-refractivity contribution >= 4 is 11.8 Å². The molecule has 124 valence electrons. The minimum absolute atomic E-state index is 0.137. The Labute approximate surface area is 133 Å². The first-order valence-corrected chi connectivity index (χ1v) is 9.32. The normalized spacial score (nSPS) is 24.9. The van der Waals surface area contributed by atoms with Gasteiger partial charge in [0.05, 0.1) is 0 Å². The van der Waals surface area contributed by atoms with E-state index in [0.29, 0.717) is 12.5 Å². The summed E-state index contributed by atoms with van der Waals surface area (Å²) in [4.78, 5) is 24.4. The van der Waals surface area contributed by atoms with Crippen LogP contribution in [-0.2, 0) is 9.59 Å². The molecule has 2 N–H and O–H groups in total. The van der Waals surface area contributed by atoms with Gasteiger partial charge in [0, 0.05) is 24.4 Å². The van der Waals surface area contributed by atoms with Crippen molar-refractivity contribution in [3.63, 3.8) is 0 Å². The second-order valence-electron chi connectivity index (χ2n) is 7.51. The van der Waals surface area contributed by atoms with Crippen molar-refractivity contribution in [2.45, 2.75) is 76.7 Å². The van der Waals surface area contributed by atoms with Crippen LogP contribution >= 0.6 is 0 Å². The smallest absolute Gasteiger partial charge is 0.223 e. The lowest BCUT2D eigenvalue weighted by Crippen LogP contribution is -2.51. The number of hydrogen-bond acceptors (Lipinski definition) is 2. The zero-order chi connectivity index (χ0) is 15.4. The number of hydrogen-bond donors (Lipinski definition) is 2. The van der Waals surface area contributed by atoms with Crippen molar-refractivity contribution in [2.75, 3.05) is 6.54 Å². The van der Waals surface area contributed by atoms with Gasteiger partial charge in [0.1, 0.15) is 0 Å². The van der Waals surface area contributed by atoms with Crippen molar-refractivity contribution < 1.29 is 9.59 Å². The fraction of sp³-hybridized carbons (Fsp3) is 0.889. The number of amides is 2. The molecule has 0 saturated heterocycles. The van der Waals surface area contributed by atoms with E-state index in [1.165, 1.54) is 44.9 Å². The first kappa shape index (κ1) is 15.8. The number of rotatable bonds is 6. The summed E-state index contributed by atoms with van der Waals surface area (Å²) in [7, 11) is 0. The largest absolute Gasteiger partial charge is 0.354 e. The Morgan fingerprint density at radius 1 is 0.773 bits per heavy atom. The average Bonchev–Trinajstić information content (AvgIpc) is 2.40. The molecular weight excluding hydrogens is 276 g/mol. The predicted molar refractivity (Wildman–Crippen MR) is 86.2 cm³/mol. The minimum atomic E-state index is 0.137. The number of carbonyl (C=O) groups excluding carboxylic acids is 2. The predicted octanol–water partition coefficient (Wildman–Crippen LogP) is 2.77. The third-order valence-corrected chi connectivity index (χ3v) is 5.99. The van der Waals surface area contributed by atoms with Gasteiger partial charge in [-0.15, -0.1) is 0 Å². The van der Waals surface area contributed by atoms with Crippen molar-refractivity contribution in [3.05, 3.63) is 0 Å². The van der Waals surface area contributed by atoms with Crippen LogP contribution in [-0.4, -0.2) is 24.4 Å². The molecule has 0 aromatic carbocycles. The highest BCUT2D eigenvalue weighted by Crippen LogP contribution is 2.30. The first-order chi connectivity index (χ1) is 10.7. The summed E-state index contributed by atoms with van der Waals surface area (Å²) in [5, 5.41) is 6.37. The summed E-state index contributed by atoms with van der Waals surface area (Å²) in [6, 6.07) is 0.137. The first-order valence-electron chi connectivity index (χ1n) is 9.32. The van der Waals surface area contributed by atoms with Gasteiger partial charge < -0.3 is 10.6 Å². The molecule has 0 aliphatic heterocycles. The fourth-order valence-electron chi connectivity index (χ4n) is 3.87. The molecule has 0 aromatic rings. The van der Waals surface area contributed by atoms with Gasteiger partial charge in [-0.05, 0) is 44.4 Å². The van der Waals surface area contributed by atoms with Gasteiger partial charge in [0.2, 0.25) is 11.8 Å². The van der Waals surface area contributed by atoms with Crippen LogP contribution in [0, 0.1) is 17.8 Å². The monoisotopic (exact) mass is 306 g/mol. The molecule has 0 radical (unpaired) electrons. The molecule has 1 atom stereocenters. The van der Waals surface area contributed by atoms with Crippen LogP contribution in [0.2, 0.25) is 0 Å². The Kier molecular flexibility index (Phi) is 5.37. The van der Waals surface area contributed by atoms with E-state index >= 15 is 0 Å². The quantitative estimate of drug-likeness (QED) is 0.793. The van der Waals surface area contributed by atoms with Gasteiger partial charge in [0.15, 0.2) is 0 Å². The molecular formula is C18H30N2O2. The molecule has 0 unspecified atom stereocenters. The van der Waals surface area contributed by atoms with Crippen LogP contribution in [0.15, 0.2) is 0 Å².